The van der Waals surface area contributed by atoms with E-state index in [1.165, 1.54) is 40.5 Å². The van der Waals surface area contributed by atoms with Gasteiger partial charge in [0.2, 0.25) is 5.91 Å². The van der Waals surface area contributed by atoms with E-state index in [9.17, 15) is 14.4 Å². The van der Waals surface area contributed by atoms with E-state index in [-0.39, 0.29) is 23.0 Å². The van der Waals surface area contributed by atoms with Crippen LogP contribution in [0.4, 0.5) is 5.69 Å². The largest absolute Gasteiger partial charge is 0.326 e. The van der Waals surface area contributed by atoms with E-state index < -0.39 is 17.9 Å². The molecule has 1 aromatic heterocycles. The second-order valence-corrected chi connectivity index (χ2v) is 8.65. The Balaban J connectivity index is 1.78. The third-order valence-corrected chi connectivity index (χ3v) is 5.62. The molecule has 3 amide bonds. The van der Waals surface area contributed by atoms with Gasteiger partial charge in [-0.2, -0.15) is 0 Å². The summed E-state index contributed by atoms with van der Waals surface area (Å²) in [5.41, 5.74) is 3.26. The first-order valence-electron chi connectivity index (χ1n) is 9.01. The lowest BCUT2D eigenvalue weighted by atomic mass is 10.2. The SMILES string of the molecule is CCN1C(=O)[C@@H](CC(=O)Nc2cc(Cl)cc(Cl)c2)N(NC(=O)c2cncc(Br)c2)C1=S. The highest BCUT2D eigenvalue weighted by molar-refractivity contribution is 9.10. The summed E-state index contributed by atoms with van der Waals surface area (Å²) < 4.78 is 0.617. The molecule has 162 valence electrons. The average Bonchev–Trinajstić information content (AvgIpc) is 2.90. The number of rotatable bonds is 6. The van der Waals surface area contributed by atoms with Gasteiger partial charge in [-0.05, 0) is 59.3 Å². The molecule has 1 aliphatic heterocycles. The lowest BCUT2D eigenvalue weighted by Crippen LogP contribution is -2.49. The monoisotopic (exact) mass is 543 g/mol. The lowest BCUT2D eigenvalue weighted by molar-refractivity contribution is -0.130. The smallest absolute Gasteiger partial charge is 0.271 e. The molecule has 1 atom stereocenters. The zero-order valence-corrected chi connectivity index (χ0v) is 20.0. The first kappa shape index (κ1) is 23.4. The Hall–Kier alpha value is -2.27. The fourth-order valence-electron chi connectivity index (χ4n) is 2.97. The molecule has 1 saturated heterocycles. The molecule has 0 saturated carbocycles. The third-order valence-electron chi connectivity index (χ3n) is 4.33. The van der Waals surface area contributed by atoms with Crippen LogP contribution in [0.5, 0.6) is 0 Å². The van der Waals surface area contributed by atoms with Crippen molar-refractivity contribution in [3.05, 3.63) is 56.7 Å². The number of pyridine rings is 1. The Bertz CT molecular complexity index is 1050. The van der Waals surface area contributed by atoms with Gasteiger partial charge in [0.25, 0.3) is 11.8 Å². The number of thiocarbonyl (C=S) groups is 1. The molecular formula is C19H16BrCl2N5O3S. The summed E-state index contributed by atoms with van der Waals surface area (Å²) in [4.78, 5) is 43.4. The topological polar surface area (TPSA) is 94.6 Å². The van der Waals surface area contributed by atoms with Gasteiger partial charge < -0.3 is 5.32 Å². The number of halogens is 3. The molecule has 12 heteroatoms. The van der Waals surface area contributed by atoms with Gasteiger partial charge in [-0.1, -0.05) is 23.2 Å². The van der Waals surface area contributed by atoms with Crippen LogP contribution in [0.3, 0.4) is 0 Å². The van der Waals surface area contributed by atoms with Crippen LogP contribution in [-0.4, -0.2) is 50.3 Å². The summed E-state index contributed by atoms with van der Waals surface area (Å²) >= 11 is 20.5. The first-order chi connectivity index (χ1) is 14.7. The van der Waals surface area contributed by atoms with Crippen molar-refractivity contribution in [1.29, 1.82) is 0 Å². The van der Waals surface area contributed by atoms with Crippen molar-refractivity contribution in [2.45, 2.75) is 19.4 Å². The normalized spacial score (nSPS) is 15.9. The van der Waals surface area contributed by atoms with E-state index >= 15 is 0 Å². The number of hydrogen-bond donors (Lipinski definition) is 2. The third kappa shape index (κ3) is 5.51. The van der Waals surface area contributed by atoms with Gasteiger partial charge in [-0.15, -0.1) is 0 Å². The maximum absolute atomic E-state index is 12.8. The van der Waals surface area contributed by atoms with Crippen LogP contribution in [0.2, 0.25) is 10.0 Å². The number of hydrazine groups is 1. The van der Waals surface area contributed by atoms with Gasteiger partial charge >= 0.3 is 0 Å². The molecule has 0 bridgehead atoms. The molecule has 2 heterocycles. The molecule has 1 fully saturated rings. The minimum atomic E-state index is -1.01. The van der Waals surface area contributed by atoms with Crippen LogP contribution in [0.15, 0.2) is 41.1 Å². The second kappa shape index (κ2) is 9.90. The number of aromatic nitrogens is 1. The molecule has 0 unspecified atom stereocenters. The fraction of sp³-hybridized carbons (Fsp3) is 0.211. The second-order valence-electron chi connectivity index (χ2n) is 6.49. The molecular weight excluding hydrogens is 529 g/mol. The predicted octanol–water partition coefficient (Wildman–Crippen LogP) is 3.64. The fourth-order valence-corrected chi connectivity index (χ4v) is 4.25. The number of carbonyl (C=O) groups excluding carboxylic acids is 3. The molecule has 0 aliphatic carbocycles. The van der Waals surface area contributed by atoms with E-state index in [1.54, 1.807) is 13.0 Å². The highest BCUT2D eigenvalue weighted by Gasteiger charge is 2.44. The minimum Gasteiger partial charge on any atom is -0.326 e. The Morgan fingerprint density at radius 1 is 1.19 bits per heavy atom. The lowest BCUT2D eigenvalue weighted by Gasteiger charge is -2.24. The van der Waals surface area contributed by atoms with Crippen molar-refractivity contribution >= 4 is 79.9 Å². The van der Waals surface area contributed by atoms with Crippen LogP contribution >= 0.6 is 51.3 Å². The molecule has 3 rings (SSSR count). The quantitative estimate of drug-likeness (QED) is 0.539. The Morgan fingerprint density at radius 3 is 2.48 bits per heavy atom. The van der Waals surface area contributed by atoms with Gasteiger partial charge in [-0.25, -0.2) is 5.01 Å². The predicted molar refractivity (Wildman–Crippen MR) is 125 cm³/mol. The van der Waals surface area contributed by atoms with Crippen molar-refractivity contribution in [3.8, 4) is 0 Å². The number of benzene rings is 1. The molecule has 2 N–H and O–H groups in total. The maximum atomic E-state index is 12.8. The Kier molecular flexibility index (Phi) is 7.47. The van der Waals surface area contributed by atoms with Gasteiger partial charge in [0.1, 0.15) is 6.04 Å². The van der Waals surface area contributed by atoms with Crippen LogP contribution < -0.4 is 10.7 Å². The van der Waals surface area contributed by atoms with E-state index in [0.717, 1.165) is 0 Å². The molecule has 1 aliphatic rings. The van der Waals surface area contributed by atoms with Crippen LogP contribution in [0.1, 0.15) is 23.7 Å². The van der Waals surface area contributed by atoms with Crippen molar-refractivity contribution in [1.82, 2.24) is 20.3 Å². The number of carbonyl (C=O) groups is 3. The standard InChI is InChI=1S/C19H16BrCl2N5O3S/c1-2-26-18(30)15(7-16(28)24-14-5-12(21)4-13(22)6-14)27(19(26)31)25-17(29)10-3-11(20)9-23-8-10/h3-6,8-9,15H,2,7H2,1H3,(H,24,28)(H,25,29)/t15-/m1/s1. The van der Waals surface area contributed by atoms with Gasteiger partial charge in [0, 0.05) is 39.1 Å². The van der Waals surface area contributed by atoms with Crippen LogP contribution in [0.25, 0.3) is 0 Å². The molecule has 0 spiro atoms. The molecule has 0 radical (unpaired) electrons. The summed E-state index contributed by atoms with van der Waals surface area (Å²) in [6.07, 6.45) is 2.66. The number of amides is 3. The van der Waals surface area contributed by atoms with Crippen molar-refractivity contribution in [2.75, 3.05) is 11.9 Å². The van der Waals surface area contributed by atoms with E-state index in [0.29, 0.717) is 26.8 Å². The van der Waals surface area contributed by atoms with E-state index in [2.05, 4.69) is 31.7 Å². The summed E-state index contributed by atoms with van der Waals surface area (Å²) in [7, 11) is 0. The van der Waals surface area contributed by atoms with Gasteiger partial charge in [-0.3, -0.25) is 29.7 Å². The van der Waals surface area contributed by atoms with Crippen LogP contribution in [-0.2, 0) is 9.59 Å². The van der Waals surface area contributed by atoms with Gasteiger partial charge in [0.15, 0.2) is 5.11 Å². The Morgan fingerprint density at radius 2 is 1.87 bits per heavy atom. The maximum Gasteiger partial charge on any atom is 0.271 e. The number of likely N-dealkylation sites (N-methyl/N-ethyl adjacent to an activating group) is 1. The number of anilines is 1. The van der Waals surface area contributed by atoms with Crippen molar-refractivity contribution in [2.24, 2.45) is 0 Å². The van der Waals surface area contributed by atoms with E-state index in [1.807, 2.05) is 0 Å². The zero-order chi connectivity index (χ0) is 22.7. The molecule has 31 heavy (non-hydrogen) atoms. The van der Waals surface area contributed by atoms with Crippen molar-refractivity contribution < 1.29 is 14.4 Å². The van der Waals surface area contributed by atoms with Crippen LogP contribution in [0, 0.1) is 0 Å². The number of hydrogen-bond acceptors (Lipinski definition) is 5. The van der Waals surface area contributed by atoms with E-state index in [4.69, 9.17) is 35.4 Å². The minimum absolute atomic E-state index is 0.104. The zero-order valence-electron chi connectivity index (χ0n) is 16.1. The summed E-state index contributed by atoms with van der Waals surface area (Å²) in [6, 6.07) is 5.16. The van der Waals surface area contributed by atoms with Crippen molar-refractivity contribution in [3.63, 3.8) is 0 Å². The molecule has 1 aromatic carbocycles. The summed E-state index contributed by atoms with van der Waals surface area (Å²) in [6.45, 7) is 2.04. The molecule has 8 nitrogen and oxygen atoms in total. The summed E-state index contributed by atoms with van der Waals surface area (Å²) in [5.74, 6) is -1.38. The van der Waals surface area contributed by atoms with Gasteiger partial charge in [0.05, 0.1) is 12.0 Å². The molecule has 2 aromatic rings. The number of nitrogens with one attached hydrogen (secondary N) is 2. The summed E-state index contributed by atoms with van der Waals surface area (Å²) in [5, 5.41) is 4.70. The number of nitrogens with zero attached hydrogens (tertiary/aromatic N) is 3. The Labute approximate surface area is 202 Å². The highest BCUT2D eigenvalue weighted by atomic mass is 79.9. The highest BCUT2D eigenvalue weighted by Crippen LogP contribution is 2.24. The first-order valence-corrected chi connectivity index (χ1v) is 11.0. The average molecular weight is 545 g/mol.